The molecule has 3 heteroatoms. The lowest BCUT2D eigenvalue weighted by Crippen LogP contribution is -2.37. The molecule has 1 rings (SSSR count). The molecule has 2 atom stereocenters. The minimum absolute atomic E-state index is 0.234. The Morgan fingerprint density at radius 1 is 1.33 bits per heavy atom. The Balaban J connectivity index is 2.53. The smallest absolute Gasteiger partial charge is 0.231 e. The van der Waals surface area contributed by atoms with Crippen LogP contribution in [0.4, 0.5) is 0 Å². The lowest BCUT2D eigenvalue weighted by atomic mass is 9.94. The minimum Gasteiger partial charge on any atom is -0.369 e. The van der Waals surface area contributed by atoms with E-state index >= 15 is 0 Å². The third-order valence-corrected chi connectivity index (χ3v) is 2.67. The number of carbonyl (C=O) groups is 1. The average Bonchev–Trinajstić information content (AvgIpc) is 2.26. The van der Waals surface area contributed by atoms with E-state index in [1.165, 1.54) is 5.56 Å². The van der Waals surface area contributed by atoms with E-state index in [2.05, 4.69) is 31.3 Å². The van der Waals surface area contributed by atoms with E-state index < -0.39 is 0 Å². The van der Waals surface area contributed by atoms with Gasteiger partial charge in [-0.2, -0.15) is 0 Å². The molecule has 0 aliphatic carbocycles. The molecule has 0 aliphatic heterocycles. The molecular weight excluding hydrogens is 188 g/mol. The highest BCUT2D eigenvalue weighted by Crippen LogP contribution is 2.18. The first-order valence-electron chi connectivity index (χ1n) is 5.18. The molecule has 0 heterocycles. The van der Waals surface area contributed by atoms with Crippen LogP contribution in [0.3, 0.4) is 0 Å². The van der Waals surface area contributed by atoms with Gasteiger partial charge in [0, 0.05) is 6.04 Å². The van der Waals surface area contributed by atoms with Crippen molar-refractivity contribution in [3.8, 4) is 0 Å². The zero-order valence-corrected chi connectivity index (χ0v) is 9.23. The van der Waals surface area contributed by atoms with Crippen LogP contribution in [0.2, 0.25) is 0 Å². The molecule has 1 aromatic rings. The number of carbonyl (C=O) groups excluding carboxylic acids is 1. The van der Waals surface area contributed by atoms with Crippen molar-refractivity contribution in [2.45, 2.75) is 25.8 Å². The zero-order chi connectivity index (χ0) is 11.3. The van der Waals surface area contributed by atoms with Crippen LogP contribution in [0.25, 0.3) is 0 Å². The topological polar surface area (TPSA) is 55.1 Å². The van der Waals surface area contributed by atoms with Crippen LogP contribution in [0, 0.1) is 0 Å². The number of hydrogen-bond donors (Lipinski definition) is 2. The van der Waals surface area contributed by atoms with Gasteiger partial charge < -0.3 is 11.1 Å². The van der Waals surface area contributed by atoms with E-state index in [0.29, 0.717) is 5.92 Å². The van der Waals surface area contributed by atoms with Crippen molar-refractivity contribution in [2.75, 3.05) is 6.54 Å². The highest BCUT2D eigenvalue weighted by atomic mass is 16.1. The summed E-state index contributed by atoms with van der Waals surface area (Å²) in [6.07, 6.45) is 0. The van der Waals surface area contributed by atoms with Gasteiger partial charge in [-0.15, -0.1) is 0 Å². The summed E-state index contributed by atoms with van der Waals surface area (Å²) in [4.78, 5) is 10.6. The Morgan fingerprint density at radius 3 is 2.47 bits per heavy atom. The second kappa shape index (κ2) is 5.51. The molecule has 82 valence electrons. The quantitative estimate of drug-likeness (QED) is 0.762. The number of nitrogens with one attached hydrogen (secondary N) is 1. The van der Waals surface area contributed by atoms with Gasteiger partial charge in [-0.25, -0.2) is 0 Å². The van der Waals surface area contributed by atoms with Crippen LogP contribution in [0.1, 0.15) is 25.3 Å². The van der Waals surface area contributed by atoms with E-state index in [-0.39, 0.29) is 18.5 Å². The van der Waals surface area contributed by atoms with E-state index in [4.69, 9.17) is 5.73 Å². The molecule has 0 saturated heterocycles. The summed E-state index contributed by atoms with van der Waals surface area (Å²) in [7, 11) is 0. The fourth-order valence-corrected chi connectivity index (χ4v) is 1.48. The molecule has 1 aromatic carbocycles. The number of nitrogens with two attached hydrogens (primary N) is 1. The predicted octanol–water partition coefficient (Wildman–Crippen LogP) is 1.25. The summed E-state index contributed by atoms with van der Waals surface area (Å²) in [5.74, 6) is 0.0488. The molecule has 15 heavy (non-hydrogen) atoms. The molecule has 3 nitrogen and oxygen atoms in total. The molecule has 0 aliphatic rings. The maximum atomic E-state index is 10.6. The van der Waals surface area contributed by atoms with Crippen LogP contribution >= 0.6 is 0 Å². The van der Waals surface area contributed by atoms with Crippen molar-refractivity contribution >= 4 is 5.91 Å². The summed E-state index contributed by atoms with van der Waals surface area (Å²) in [5, 5.41) is 3.11. The Bertz CT molecular complexity index is 311. The van der Waals surface area contributed by atoms with Gasteiger partial charge >= 0.3 is 0 Å². The fourth-order valence-electron chi connectivity index (χ4n) is 1.48. The molecular formula is C12H18N2O. The number of hydrogen-bond acceptors (Lipinski definition) is 2. The number of amides is 1. The molecule has 0 spiro atoms. The molecule has 0 bridgehead atoms. The summed E-state index contributed by atoms with van der Waals surface area (Å²) >= 11 is 0. The largest absolute Gasteiger partial charge is 0.369 e. The molecule has 3 N–H and O–H groups in total. The number of benzene rings is 1. The van der Waals surface area contributed by atoms with Gasteiger partial charge in [0.05, 0.1) is 6.54 Å². The third kappa shape index (κ3) is 3.72. The number of rotatable bonds is 5. The maximum absolute atomic E-state index is 10.6. The lowest BCUT2D eigenvalue weighted by Gasteiger charge is -2.21. The van der Waals surface area contributed by atoms with Crippen LogP contribution < -0.4 is 11.1 Å². The van der Waals surface area contributed by atoms with E-state index in [1.54, 1.807) is 0 Å². The SMILES string of the molecule is C[C@@H](NCC(N)=O)[C@@H](C)c1ccccc1. The van der Waals surface area contributed by atoms with Crippen molar-refractivity contribution in [1.82, 2.24) is 5.32 Å². The maximum Gasteiger partial charge on any atom is 0.231 e. The molecule has 0 saturated carbocycles. The monoisotopic (exact) mass is 206 g/mol. The predicted molar refractivity (Wildman–Crippen MR) is 61.5 cm³/mol. The van der Waals surface area contributed by atoms with Gasteiger partial charge in [0.1, 0.15) is 0 Å². The normalized spacial score (nSPS) is 14.5. The summed E-state index contributed by atoms with van der Waals surface area (Å²) in [6.45, 7) is 4.42. The van der Waals surface area contributed by atoms with Crippen LogP contribution in [0.15, 0.2) is 30.3 Å². The van der Waals surface area contributed by atoms with Gasteiger partial charge in [-0.3, -0.25) is 4.79 Å². The van der Waals surface area contributed by atoms with Crippen molar-refractivity contribution in [3.63, 3.8) is 0 Å². The Hall–Kier alpha value is -1.35. The van der Waals surface area contributed by atoms with Gasteiger partial charge in [-0.05, 0) is 18.4 Å². The average molecular weight is 206 g/mol. The van der Waals surface area contributed by atoms with Gasteiger partial charge in [0.2, 0.25) is 5.91 Å². The fraction of sp³-hybridized carbons (Fsp3) is 0.417. The first kappa shape index (κ1) is 11.7. The molecule has 0 aromatic heterocycles. The van der Waals surface area contributed by atoms with E-state index in [1.807, 2.05) is 18.2 Å². The van der Waals surface area contributed by atoms with Gasteiger partial charge in [0.15, 0.2) is 0 Å². The van der Waals surface area contributed by atoms with Gasteiger partial charge in [-0.1, -0.05) is 37.3 Å². The second-order valence-electron chi connectivity index (χ2n) is 3.84. The van der Waals surface area contributed by atoms with Crippen molar-refractivity contribution in [1.29, 1.82) is 0 Å². The van der Waals surface area contributed by atoms with Crippen molar-refractivity contribution in [2.24, 2.45) is 5.73 Å². The first-order valence-corrected chi connectivity index (χ1v) is 5.18. The Morgan fingerprint density at radius 2 is 1.93 bits per heavy atom. The molecule has 0 unspecified atom stereocenters. The second-order valence-corrected chi connectivity index (χ2v) is 3.84. The third-order valence-electron chi connectivity index (χ3n) is 2.67. The summed E-state index contributed by atoms with van der Waals surface area (Å²) in [6, 6.07) is 10.5. The van der Waals surface area contributed by atoms with Crippen LogP contribution in [-0.4, -0.2) is 18.5 Å². The minimum atomic E-state index is -0.317. The first-order chi connectivity index (χ1) is 7.11. The summed E-state index contributed by atoms with van der Waals surface area (Å²) < 4.78 is 0. The molecule has 0 fully saturated rings. The zero-order valence-electron chi connectivity index (χ0n) is 9.23. The van der Waals surface area contributed by atoms with Crippen LogP contribution in [0.5, 0.6) is 0 Å². The van der Waals surface area contributed by atoms with E-state index in [9.17, 15) is 4.79 Å². The molecule has 1 amide bonds. The lowest BCUT2D eigenvalue weighted by molar-refractivity contribution is -0.117. The van der Waals surface area contributed by atoms with E-state index in [0.717, 1.165) is 0 Å². The number of primary amides is 1. The Kier molecular flexibility index (Phi) is 4.31. The Labute approximate surface area is 90.7 Å². The van der Waals surface area contributed by atoms with Crippen LogP contribution in [-0.2, 0) is 4.79 Å². The summed E-state index contributed by atoms with van der Waals surface area (Å²) in [5.41, 5.74) is 6.34. The van der Waals surface area contributed by atoms with Crippen molar-refractivity contribution < 1.29 is 4.79 Å². The standard InChI is InChI=1S/C12H18N2O/c1-9(10(2)14-8-12(13)15)11-6-4-3-5-7-11/h3-7,9-10,14H,8H2,1-2H3,(H2,13,15)/t9-,10-/m1/s1. The highest BCUT2D eigenvalue weighted by molar-refractivity contribution is 5.75. The molecule has 0 radical (unpaired) electrons. The van der Waals surface area contributed by atoms with Gasteiger partial charge in [0.25, 0.3) is 0 Å². The van der Waals surface area contributed by atoms with Crippen molar-refractivity contribution in [3.05, 3.63) is 35.9 Å². The highest BCUT2D eigenvalue weighted by Gasteiger charge is 2.13.